The zero-order chi connectivity index (χ0) is 21.3. The van der Waals surface area contributed by atoms with Crippen LogP contribution in [-0.2, 0) is 27.7 Å². The number of hydrogen-bond acceptors (Lipinski definition) is 4. The summed E-state index contributed by atoms with van der Waals surface area (Å²) in [6.07, 6.45) is 0.948. The molecule has 3 aliphatic heterocycles. The minimum Gasteiger partial charge on any atom is -0.373 e. The van der Waals surface area contributed by atoms with Crippen molar-refractivity contribution in [2.45, 2.75) is 44.7 Å². The maximum Gasteiger partial charge on any atom is 0.348 e. The Kier molecular flexibility index (Phi) is 3.00. The van der Waals surface area contributed by atoms with Crippen molar-refractivity contribution in [3.63, 3.8) is 0 Å². The summed E-state index contributed by atoms with van der Waals surface area (Å²) in [7, 11) is 1.53. The number of Topliss-reactive ketones (excluding diaryl/α,β-unsaturated/α-hetero) is 1. The molecule has 2 bridgehead atoms. The number of nitrogens with zero attached hydrogens (tertiary/aromatic N) is 3. The summed E-state index contributed by atoms with van der Waals surface area (Å²) in [6.45, 7) is 6.72. The molecule has 0 unspecified atom stereocenters. The van der Waals surface area contributed by atoms with Gasteiger partial charge in [-0.25, -0.2) is 23.5 Å². The molecule has 1 aromatic carbocycles. The first-order chi connectivity index (χ1) is 14.1. The first-order valence-electron chi connectivity index (χ1n) is 10.5. The Balaban J connectivity index is 1.87. The summed E-state index contributed by atoms with van der Waals surface area (Å²) in [4.78, 5) is 40.9. The Morgan fingerprint density at radius 1 is 0.867 bits per heavy atom. The highest BCUT2D eigenvalue weighted by Crippen LogP contribution is 2.70. The highest BCUT2D eigenvalue weighted by Gasteiger charge is 2.77. The average Bonchev–Trinajstić information content (AvgIpc) is 3.35. The molecule has 1 aromatic heterocycles. The molecule has 2 aliphatic carbocycles. The molecule has 2 aromatic rings. The lowest BCUT2D eigenvalue weighted by Gasteiger charge is -2.60. The predicted octanol–water partition coefficient (Wildman–Crippen LogP) is 1.54. The first-order valence-corrected chi connectivity index (χ1v) is 10.5. The van der Waals surface area contributed by atoms with E-state index in [9.17, 15) is 14.4 Å². The monoisotopic (exact) mass is 407 g/mol. The fraction of sp³-hybridized carbons (Fsp3) is 0.522. The third kappa shape index (κ3) is 1.55. The first kappa shape index (κ1) is 18.1. The second kappa shape index (κ2) is 4.97. The molecule has 1 fully saturated rings. The SMILES string of the molecule is Cn1c(=O)n2n(c1=O)[C@]1(c3ccccc3)C[C@]3(C)C(=O)C(C)(C)C[C@]23C2=C1COC2. The Hall–Kier alpha value is -2.67. The Labute approximate surface area is 173 Å². The predicted molar refractivity (Wildman–Crippen MR) is 109 cm³/mol. The van der Waals surface area contributed by atoms with Gasteiger partial charge in [-0.05, 0) is 36.5 Å². The Morgan fingerprint density at radius 3 is 2.20 bits per heavy atom. The van der Waals surface area contributed by atoms with E-state index in [1.165, 1.54) is 11.6 Å². The minimum absolute atomic E-state index is 0.156. The van der Waals surface area contributed by atoms with Crippen LogP contribution in [0.3, 0.4) is 0 Å². The van der Waals surface area contributed by atoms with E-state index in [1.54, 1.807) is 9.36 Å². The van der Waals surface area contributed by atoms with E-state index in [4.69, 9.17) is 4.74 Å². The highest BCUT2D eigenvalue weighted by atomic mass is 16.5. The van der Waals surface area contributed by atoms with E-state index in [2.05, 4.69) is 0 Å². The van der Waals surface area contributed by atoms with Crippen molar-refractivity contribution >= 4 is 5.78 Å². The van der Waals surface area contributed by atoms with Crippen molar-refractivity contribution in [2.24, 2.45) is 17.9 Å². The number of ketones is 1. The van der Waals surface area contributed by atoms with E-state index in [1.807, 2.05) is 51.1 Å². The standard InChI is InChI=1S/C23H25N3O4/c1-20(2)12-23-16-11-30-10-15(16)22(13-21(23,3)17(20)27,14-8-6-5-7-9-14)25-18(28)24(4)19(29)26(23)25/h5-9H,10-13H2,1-4H3/t21-,22+,23-/m1/s1. The van der Waals surface area contributed by atoms with Gasteiger partial charge in [0.15, 0.2) is 0 Å². The lowest BCUT2D eigenvalue weighted by molar-refractivity contribution is -0.138. The lowest BCUT2D eigenvalue weighted by Crippen LogP contribution is -2.69. The molecule has 7 nitrogen and oxygen atoms in total. The molecule has 0 amide bonds. The second-order valence-corrected chi connectivity index (χ2v) is 10.2. The van der Waals surface area contributed by atoms with Crippen molar-refractivity contribution in [1.82, 2.24) is 13.9 Å². The average molecular weight is 407 g/mol. The van der Waals surface area contributed by atoms with Crippen LogP contribution in [0.4, 0.5) is 0 Å². The molecular formula is C23H25N3O4. The third-order valence-corrected chi connectivity index (χ3v) is 8.30. The topological polar surface area (TPSA) is 75.2 Å². The van der Waals surface area contributed by atoms with Gasteiger partial charge in [-0.3, -0.25) is 4.79 Å². The van der Waals surface area contributed by atoms with E-state index < -0.39 is 21.9 Å². The molecule has 7 heteroatoms. The summed E-state index contributed by atoms with van der Waals surface area (Å²) in [5, 5.41) is 0. The van der Waals surface area contributed by atoms with Gasteiger partial charge in [-0.15, -0.1) is 0 Å². The van der Waals surface area contributed by atoms with Crippen LogP contribution >= 0.6 is 0 Å². The van der Waals surface area contributed by atoms with Crippen molar-refractivity contribution in [2.75, 3.05) is 13.2 Å². The number of ether oxygens (including phenoxy) is 1. The summed E-state index contributed by atoms with van der Waals surface area (Å²) < 4.78 is 10.4. The van der Waals surface area contributed by atoms with Crippen LogP contribution in [0.15, 0.2) is 51.1 Å². The van der Waals surface area contributed by atoms with E-state index in [-0.39, 0.29) is 17.2 Å². The fourth-order valence-electron chi connectivity index (χ4n) is 7.26. The molecule has 30 heavy (non-hydrogen) atoms. The maximum atomic E-state index is 13.9. The smallest absolute Gasteiger partial charge is 0.348 e. The van der Waals surface area contributed by atoms with Crippen molar-refractivity contribution < 1.29 is 9.53 Å². The van der Waals surface area contributed by atoms with Crippen LogP contribution in [0.2, 0.25) is 0 Å². The molecule has 5 aliphatic rings. The molecular weight excluding hydrogens is 382 g/mol. The molecule has 156 valence electrons. The largest absolute Gasteiger partial charge is 0.373 e. The van der Waals surface area contributed by atoms with E-state index >= 15 is 0 Å². The van der Waals surface area contributed by atoms with Gasteiger partial charge in [0.25, 0.3) is 0 Å². The summed E-state index contributed by atoms with van der Waals surface area (Å²) in [5.41, 5.74) is -0.923. The highest BCUT2D eigenvalue weighted by molar-refractivity contribution is 5.95. The molecule has 3 atom stereocenters. The Morgan fingerprint density at radius 2 is 1.50 bits per heavy atom. The van der Waals surface area contributed by atoms with Gasteiger partial charge in [-0.2, -0.15) is 0 Å². The van der Waals surface area contributed by atoms with E-state index in [0.29, 0.717) is 26.1 Å². The van der Waals surface area contributed by atoms with Crippen LogP contribution in [0, 0.1) is 10.8 Å². The zero-order valence-electron chi connectivity index (χ0n) is 17.7. The molecule has 0 N–H and O–H groups in total. The Bertz CT molecular complexity index is 1290. The van der Waals surface area contributed by atoms with Crippen LogP contribution in [0.5, 0.6) is 0 Å². The van der Waals surface area contributed by atoms with Gasteiger partial charge >= 0.3 is 11.4 Å². The van der Waals surface area contributed by atoms with Crippen LogP contribution in [0.1, 0.15) is 39.2 Å². The third-order valence-electron chi connectivity index (χ3n) is 8.30. The summed E-state index contributed by atoms with van der Waals surface area (Å²) in [5.74, 6) is 0.156. The lowest BCUT2D eigenvalue weighted by atomic mass is 9.53. The molecule has 0 saturated heterocycles. The minimum atomic E-state index is -0.906. The van der Waals surface area contributed by atoms with Gasteiger partial charge in [0.05, 0.1) is 18.6 Å². The van der Waals surface area contributed by atoms with Gasteiger partial charge in [0.1, 0.15) is 16.9 Å². The zero-order valence-corrected chi connectivity index (χ0v) is 17.7. The van der Waals surface area contributed by atoms with Gasteiger partial charge in [0.2, 0.25) is 0 Å². The van der Waals surface area contributed by atoms with Crippen molar-refractivity contribution in [3.05, 3.63) is 68.0 Å². The molecule has 1 spiro atoms. The normalized spacial score (nSPS) is 35.5. The van der Waals surface area contributed by atoms with Gasteiger partial charge in [-0.1, -0.05) is 44.2 Å². The van der Waals surface area contributed by atoms with Crippen LogP contribution in [0.25, 0.3) is 0 Å². The molecule has 1 saturated carbocycles. The summed E-state index contributed by atoms with van der Waals surface area (Å²) in [6, 6.07) is 9.79. The molecule has 4 heterocycles. The van der Waals surface area contributed by atoms with Crippen LogP contribution in [-0.4, -0.2) is 32.9 Å². The number of carbonyl (C=O) groups excluding carboxylic acids is 1. The second-order valence-electron chi connectivity index (χ2n) is 10.2. The van der Waals surface area contributed by atoms with E-state index in [0.717, 1.165) is 16.7 Å². The molecule has 0 radical (unpaired) electrons. The van der Waals surface area contributed by atoms with Gasteiger partial charge < -0.3 is 4.74 Å². The van der Waals surface area contributed by atoms with Gasteiger partial charge in [0, 0.05) is 12.5 Å². The summed E-state index contributed by atoms with van der Waals surface area (Å²) >= 11 is 0. The van der Waals surface area contributed by atoms with Crippen LogP contribution < -0.4 is 11.4 Å². The number of aromatic nitrogens is 3. The number of benzene rings is 1. The molecule has 7 rings (SSSR count). The van der Waals surface area contributed by atoms with Crippen molar-refractivity contribution in [3.8, 4) is 0 Å². The number of carbonyl (C=O) groups is 1. The number of hydrogen-bond donors (Lipinski definition) is 0. The quantitative estimate of drug-likeness (QED) is 0.672. The van der Waals surface area contributed by atoms with Crippen molar-refractivity contribution in [1.29, 1.82) is 0 Å². The maximum absolute atomic E-state index is 13.9. The fourth-order valence-corrected chi connectivity index (χ4v) is 7.26. The number of rotatable bonds is 1.